The quantitative estimate of drug-likeness (QED) is 0.838. The van der Waals surface area contributed by atoms with Crippen molar-refractivity contribution in [2.75, 3.05) is 23.4 Å². The number of carbonyl (C=O) groups excluding carboxylic acids is 2. The Balaban J connectivity index is 1.76. The zero-order chi connectivity index (χ0) is 18.7. The minimum atomic E-state index is -0.342. The number of amides is 2. The first-order valence-corrected chi connectivity index (χ1v) is 8.18. The maximum Gasteiger partial charge on any atom is 0.265 e. The van der Waals surface area contributed by atoms with Gasteiger partial charge in [-0.15, -0.1) is 0 Å². The molecule has 0 fully saturated rings. The van der Waals surface area contributed by atoms with E-state index in [2.05, 4.69) is 11.9 Å². The van der Waals surface area contributed by atoms with Crippen molar-refractivity contribution in [2.45, 2.75) is 13.3 Å². The van der Waals surface area contributed by atoms with Crippen LogP contribution in [0.3, 0.4) is 0 Å². The third-order valence-electron chi connectivity index (χ3n) is 3.89. The molecule has 1 aliphatic rings. The number of halogens is 1. The summed E-state index contributed by atoms with van der Waals surface area (Å²) < 4.78 is 18.4. The fourth-order valence-electron chi connectivity index (χ4n) is 2.72. The molecule has 6 heteroatoms. The van der Waals surface area contributed by atoms with Gasteiger partial charge in [0, 0.05) is 12.2 Å². The van der Waals surface area contributed by atoms with Gasteiger partial charge in [0.15, 0.2) is 6.61 Å². The van der Waals surface area contributed by atoms with E-state index in [0.29, 0.717) is 29.2 Å². The van der Waals surface area contributed by atoms with Gasteiger partial charge >= 0.3 is 0 Å². The van der Waals surface area contributed by atoms with Gasteiger partial charge in [-0.25, -0.2) is 4.39 Å². The molecule has 2 aromatic carbocycles. The predicted octanol–water partition coefficient (Wildman–Crippen LogP) is 3.31. The number of ether oxygens (including phenoxy) is 1. The highest BCUT2D eigenvalue weighted by Gasteiger charge is 2.25. The molecule has 0 unspecified atom stereocenters. The molecule has 134 valence electrons. The van der Waals surface area contributed by atoms with Gasteiger partial charge in [-0.05, 0) is 42.8 Å². The molecule has 2 amide bonds. The van der Waals surface area contributed by atoms with Gasteiger partial charge in [0.25, 0.3) is 5.91 Å². The Labute approximate surface area is 151 Å². The molecule has 3 rings (SSSR count). The summed E-state index contributed by atoms with van der Waals surface area (Å²) in [7, 11) is 0. The molecular formula is C20H19FN2O3. The molecule has 2 aromatic rings. The minimum absolute atomic E-state index is 0.0173. The molecule has 0 aliphatic carbocycles. The Morgan fingerprint density at radius 3 is 2.69 bits per heavy atom. The van der Waals surface area contributed by atoms with Crippen LogP contribution in [0.1, 0.15) is 12.5 Å². The Kier molecular flexibility index (Phi) is 5.02. The SMILES string of the molecule is C=C(C)CN1C(=O)COc2ccc(NC(=O)Cc3ccc(F)cc3)cc21. The number of hydrogen-bond acceptors (Lipinski definition) is 3. The normalized spacial score (nSPS) is 13.0. The third kappa shape index (κ3) is 4.08. The van der Waals surface area contributed by atoms with E-state index in [1.54, 1.807) is 35.2 Å². The lowest BCUT2D eigenvalue weighted by Crippen LogP contribution is -2.39. The topological polar surface area (TPSA) is 58.6 Å². The number of nitrogens with one attached hydrogen (secondary N) is 1. The second-order valence-electron chi connectivity index (χ2n) is 6.26. The van der Waals surface area contributed by atoms with Crippen LogP contribution < -0.4 is 15.0 Å². The zero-order valence-corrected chi connectivity index (χ0v) is 14.4. The van der Waals surface area contributed by atoms with Crippen molar-refractivity contribution >= 4 is 23.2 Å². The van der Waals surface area contributed by atoms with Crippen LogP contribution in [0.5, 0.6) is 5.75 Å². The summed E-state index contributed by atoms with van der Waals surface area (Å²) >= 11 is 0. The number of hydrogen-bond donors (Lipinski definition) is 1. The van der Waals surface area contributed by atoms with Crippen LogP contribution in [0.4, 0.5) is 15.8 Å². The molecule has 5 nitrogen and oxygen atoms in total. The third-order valence-corrected chi connectivity index (χ3v) is 3.89. The van der Waals surface area contributed by atoms with Gasteiger partial charge in [-0.2, -0.15) is 0 Å². The Bertz CT molecular complexity index is 862. The van der Waals surface area contributed by atoms with Crippen molar-refractivity contribution < 1.29 is 18.7 Å². The number of rotatable bonds is 5. The fraction of sp³-hybridized carbons (Fsp3) is 0.200. The van der Waals surface area contributed by atoms with Gasteiger partial charge in [-0.3, -0.25) is 9.59 Å². The first-order chi connectivity index (χ1) is 12.4. The molecule has 0 saturated heterocycles. The average Bonchev–Trinajstić information content (AvgIpc) is 2.59. The van der Waals surface area contributed by atoms with Crippen molar-refractivity contribution in [1.29, 1.82) is 0 Å². The maximum absolute atomic E-state index is 12.9. The second-order valence-corrected chi connectivity index (χ2v) is 6.26. The molecule has 0 bridgehead atoms. The predicted molar refractivity (Wildman–Crippen MR) is 97.8 cm³/mol. The van der Waals surface area contributed by atoms with Gasteiger partial charge in [0.2, 0.25) is 5.91 Å². The van der Waals surface area contributed by atoms with Gasteiger partial charge in [0.1, 0.15) is 11.6 Å². The summed E-state index contributed by atoms with van der Waals surface area (Å²) in [6.45, 7) is 6.07. The molecule has 0 spiro atoms. The second kappa shape index (κ2) is 7.39. The van der Waals surface area contributed by atoms with E-state index in [4.69, 9.17) is 4.74 Å². The van der Waals surface area contributed by atoms with E-state index >= 15 is 0 Å². The van der Waals surface area contributed by atoms with Crippen LogP contribution in [-0.2, 0) is 16.0 Å². The molecule has 0 aromatic heterocycles. The molecule has 0 saturated carbocycles. The Hall–Kier alpha value is -3.15. The van der Waals surface area contributed by atoms with E-state index in [-0.39, 0.29) is 30.7 Å². The Morgan fingerprint density at radius 2 is 2.00 bits per heavy atom. The molecule has 1 heterocycles. The van der Waals surface area contributed by atoms with Gasteiger partial charge in [-0.1, -0.05) is 24.3 Å². The number of fused-ring (bicyclic) bond motifs is 1. The highest BCUT2D eigenvalue weighted by molar-refractivity contribution is 6.00. The number of carbonyl (C=O) groups is 2. The van der Waals surface area contributed by atoms with Crippen molar-refractivity contribution in [3.8, 4) is 5.75 Å². The molecule has 1 N–H and O–H groups in total. The van der Waals surface area contributed by atoms with Crippen molar-refractivity contribution in [3.05, 3.63) is 66.0 Å². The van der Waals surface area contributed by atoms with Gasteiger partial charge in [0.05, 0.1) is 12.1 Å². The number of benzene rings is 2. The molecular weight excluding hydrogens is 335 g/mol. The van der Waals surface area contributed by atoms with E-state index in [9.17, 15) is 14.0 Å². The molecule has 1 aliphatic heterocycles. The van der Waals surface area contributed by atoms with Crippen LogP contribution in [0.15, 0.2) is 54.6 Å². The van der Waals surface area contributed by atoms with Crippen molar-refractivity contribution in [1.82, 2.24) is 0 Å². The van der Waals surface area contributed by atoms with E-state index in [0.717, 1.165) is 5.57 Å². The summed E-state index contributed by atoms with van der Waals surface area (Å²) in [5.41, 5.74) is 2.71. The molecule has 0 atom stereocenters. The summed E-state index contributed by atoms with van der Waals surface area (Å²) in [5.74, 6) is -0.144. The molecule has 0 radical (unpaired) electrons. The summed E-state index contributed by atoms with van der Waals surface area (Å²) in [6.07, 6.45) is 0.127. The van der Waals surface area contributed by atoms with Crippen LogP contribution in [0, 0.1) is 5.82 Å². The van der Waals surface area contributed by atoms with E-state index in [1.807, 2.05) is 6.92 Å². The monoisotopic (exact) mass is 354 g/mol. The summed E-state index contributed by atoms with van der Waals surface area (Å²) in [4.78, 5) is 26.0. The van der Waals surface area contributed by atoms with Crippen LogP contribution >= 0.6 is 0 Å². The summed E-state index contributed by atoms with van der Waals surface area (Å²) in [6, 6.07) is 10.9. The van der Waals surface area contributed by atoms with Crippen molar-refractivity contribution in [3.63, 3.8) is 0 Å². The number of anilines is 2. The highest BCUT2D eigenvalue weighted by atomic mass is 19.1. The lowest BCUT2D eigenvalue weighted by molar-refractivity contribution is -0.121. The first-order valence-electron chi connectivity index (χ1n) is 8.18. The fourth-order valence-corrected chi connectivity index (χ4v) is 2.72. The zero-order valence-electron chi connectivity index (χ0n) is 14.4. The van der Waals surface area contributed by atoms with Crippen LogP contribution in [0.2, 0.25) is 0 Å². The van der Waals surface area contributed by atoms with Crippen LogP contribution in [-0.4, -0.2) is 25.0 Å². The first kappa shape index (κ1) is 17.7. The lowest BCUT2D eigenvalue weighted by atomic mass is 10.1. The number of nitrogens with zero attached hydrogens (tertiary/aromatic N) is 1. The lowest BCUT2D eigenvalue weighted by Gasteiger charge is -2.30. The van der Waals surface area contributed by atoms with Crippen molar-refractivity contribution in [2.24, 2.45) is 0 Å². The van der Waals surface area contributed by atoms with Gasteiger partial charge < -0.3 is 15.0 Å². The summed E-state index contributed by atoms with van der Waals surface area (Å²) in [5, 5.41) is 2.80. The largest absolute Gasteiger partial charge is 0.482 e. The standard InChI is InChI=1S/C20H19FN2O3/c1-13(2)11-23-17-10-16(7-8-18(17)26-12-20(23)25)22-19(24)9-14-3-5-15(21)6-4-14/h3-8,10H,1,9,11-12H2,2H3,(H,22,24). The highest BCUT2D eigenvalue weighted by Crippen LogP contribution is 2.35. The minimum Gasteiger partial charge on any atom is -0.482 e. The average molecular weight is 354 g/mol. The molecule has 26 heavy (non-hydrogen) atoms. The maximum atomic E-state index is 12.9. The van der Waals surface area contributed by atoms with E-state index in [1.165, 1.54) is 12.1 Å². The van der Waals surface area contributed by atoms with Crippen LogP contribution in [0.25, 0.3) is 0 Å². The smallest absolute Gasteiger partial charge is 0.265 e. The van der Waals surface area contributed by atoms with E-state index < -0.39 is 0 Å². The Morgan fingerprint density at radius 1 is 1.27 bits per heavy atom.